The minimum atomic E-state index is -0.606. The standard InChI is InChI=1S/C13H16F2N2O2/c14-11-2-1-10(12(15)7-11)8-16-9-13(18)17-3-5-19-6-4-17/h1-2,7,16H,3-6,8-9H2. The predicted molar refractivity (Wildman–Crippen MR) is 65.5 cm³/mol. The van der Waals surface area contributed by atoms with Gasteiger partial charge in [-0.3, -0.25) is 4.79 Å². The molecule has 104 valence electrons. The van der Waals surface area contributed by atoms with Gasteiger partial charge in [-0.05, 0) is 6.07 Å². The number of nitrogens with one attached hydrogen (secondary N) is 1. The van der Waals surface area contributed by atoms with E-state index in [9.17, 15) is 13.6 Å². The molecule has 1 amide bonds. The summed E-state index contributed by atoms with van der Waals surface area (Å²) >= 11 is 0. The van der Waals surface area contributed by atoms with Crippen molar-refractivity contribution in [2.75, 3.05) is 32.8 Å². The lowest BCUT2D eigenvalue weighted by Crippen LogP contribution is -2.44. The van der Waals surface area contributed by atoms with Crippen molar-refractivity contribution in [3.8, 4) is 0 Å². The van der Waals surface area contributed by atoms with Gasteiger partial charge in [-0.2, -0.15) is 0 Å². The molecule has 0 radical (unpaired) electrons. The van der Waals surface area contributed by atoms with Crippen molar-refractivity contribution in [1.82, 2.24) is 10.2 Å². The van der Waals surface area contributed by atoms with Crippen LogP contribution in [0.5, 0.6) is 0 Å². The highest BCUT2D eigenvalue weighted by Gasteiger charge is 2.16. The quantitative estimate of drug-likeness (QED) is 0.884. The average Bonchev–Trinajstić information content (AvgIpc) is 2.42. The normalized spacial score (nSPS) is 15.6. The number of hydrogen-bond acceptors (Lipinski definition) is 3. The monoisotopic (exact) mass is 270 g/mol. The number of ether oxygens (including phenoxy) is 1. The van der Waals surface area contributed by atoms with Crippen LogP contribution in [0.3, 0.4) is 0 Å². The Balaban J connectivity index is 1.78. The van der Waals surface area contributed by atoms with Gasteiger partial charge in [0.05, 0.1) is 19.8 Å². The number of halogens is 2. The number of nitrogens with zero attached hydrogens (tertiary/aromatic N) is 1. The Kier molecular flexibility index (Phi) is 4.81. The van der Waals surface area contributed by atoms with Crippen molar-refractivity contribution < 1.29 is 18.3 Å². The highest BCUT2D eigenvalue weighted by molar-refractivity contribution is 5.78. The molecule has 0 aromatic heterocycles. The molecule has 1 aromatic carbocycles. The van der Waals surface area contributed by atoms with Crippen molar-refractivity contribution >= 4 is 5.91 Å². The van der Waals surface area contributed by atoms with Crippen LogP contribution in [0.25, 0.3) is 0 Å². The lowest BCUT2D eigenvalue weighted by Gasteiger charge is -2.26. The molecule has 1 aliphatic heterocycles. The van der Waals surface area contributed by atoms with Gasteiger partial charge >= 0.3 is 0 Å². The maximum Gasteiger partial charge on any atom is 0.236 e. The number of rotatable bonds is 4. The van der Waals surface area contributed by atoms with E-state index in [-0.39, 0.29) is 19.0 Å². The molecule has 19 heavy (non-hydrogen) atoms. The van der Waals surface area contributed by atoms with Gasteiger partial charge in [0, 0.05) is 31.3 Å². The minimum Gasteiger partial charge on any atom is -0.378 e. The van der Waals surface area contributed by atoms with Crippen molar-refractivity contribution in [3.63, 3.8) is 0 Å². The zero-order valence-electron chi connectivity index (χ0n) is 10.5. The molecule has 6 heteroatoms. The Hall–Kier alpha value is -1.53. The summed E-state index contributed by atoms with van der Waals surface area (Å²) in [5, 5.41) is 2.86. The summed E-state index contributed by atoms with van der Waals surface area (Å²) in [7, 11) is 0. The van der Waals surface area contributed by atoms with Crippen molar-refractivity contribution in [2.24, 2.45) is 0 Å². The molecule has 1 saturated heterocycles. The summed E-state index contributed by atoms with van der Waals surface area (Å²) < 4.78 is 31.2. The molecule has 1 N–H and O–H groups in total. The van der Waals surface area contributed by atoms with E-state index in [4.69, 9.17) is 4.74 Å². The van der Waals surface area contributed by atoms with Crippen LogP contribution in [0.4, 0.5) is 8.78 Å². The van der Waals surface area contributed by atoms with Crippen LogP contribution in [0, 0.1) is 11.6 Å². The molecule has 1 heterocycles. The van der Waals surface area contributed by atoms with E-state index in [1.807, 2.05) is 0 Å². The topological polar surface area (TPSA) is 41.6 Å². The van der Waals surface area contributed by atoms with Crippen LogP contribution in [-0.2, 0) is 16.1 Å². The first-order valence-corrected chi connectivity index (χ1v) is 6.17. The first-order chi connectivity index (χ1) is 9.16. The fourth-order valence-electron chi connectivity index (χ4n) is 1.89. The second-order valence-corrected chi connectivity index (χ2v) is 4.33. The Bertz CT molecular complexity index is 448. The van der Waals surface area contributed by atoms with Gasteiger partial charge in [-0.25, -0.2) is 8.78 Å². The molecule has 1 aromatic rings. The molecule has 0 saturated carbocycles. The summed E-state index contributed by atoms with van der Waals surface area (Å²) in [5.74, 6) is -1.25. The molecule has 0 atom stereocenters. The Labute approximate surface area is 110 Å². The number of amides is 1. The second-order valence-electron chi connectivity index (χ2n) is 4.33. The summed E-state index contributed by atoms with van der Waals surface area (Å²) in [5.41, 5.74) is 0.344. The molecule has 0 bridgehead atoms. The van der Waals surface area contributed by atoms with Crippen molar-refractivity contribution in [1.29, 1.82) is 0 Å². The van der Waals surface area contributed by atoms with E-state index in [1.54, 1.807) is 4.90 Å². The molecule has 0 unspecified atom stereocenters. The maximum absolute atomic E-state index is 13.3. The largest absolute Gasteiger partial charge is 0.378 e. The lowest BCUT2D eigenvalue weighted by atomic mass is 10.2. The number of hydrogen-bond donors (Lipinski definition) is 1. The van der Waals surface area contributed by atoms with Crippen LogP contribution in [-0.4, -0.2) is 43.7 Å². The SMILES string of the molecule is O=C(CNCc1ccc(F)cc1F)N1CCOCC1. The van der Waals surface area contributed by atoms with Gasteiger partial charge in [-0.15, -0.1) is 0 Å². The Morgan fingerprint density at radius 2 is 2.05 bits per heavy atom. The fraction of sp³-hybridized carbons (Fsp3) is 0.462. The Morgan fingerprint density at radius 3 is 2.74 bits per heavy atom. The Morgan fingerprint density at radius 1 is 1.32 bits per heavy atom. The highest BCUT2D eigenvalue weighted by atomic mass is 19.1. The number of morpholine rings is 1. The fourth-order valence-corrected chi connectivity index (χ4v) is 1.89. The summed E-state index contributed by atoms with van der Waals surface area (Å²) in [6.07, 6.45) is 0. The minimum absolute atomic E-state index is 0.0363. The highest BCUT2D eigenvalue weighted by Crippen LogP contribution is 2.08. The van der Waals surface area contributed by atoms with Gasteiger partial charge in [-0.1, -0.05) is 6.07 Å². The van der Waals surface area contributed by atoms with Crippen LogP contribution >= 0.6 is 0 Å². The smallest absolute Gasteiger partial charge is 0.236 e. The summed E-state index contributed by atoms with van der Waals surface area (Å²) in [4.78, 5) is 13.5. The van der Waals surface area contributed by atoms with Crippen LogP contribution in [0.2, 0.25) is 0 Å². The summed E-state index contributed by atoms with van der Waals surface area (Å²) in [6.45, 7) is 2.62. The van der Waals surface area contributed by atoms with Gasteiger partial charge in [0.15, 0.2) is 0 Å². The van der Waals surface area contributed by atoms with E-state index in [0.29, 0.717) is 31.9 Å². The maximum atomic E-state index is 13.3. The van der Waals surface area contributed by atoms with Crippen LogP contribution in [0.1, 0.15) is 5.56 Å². The third-order valence-corrected chi connectivity index (χ3v) is 2.97. The van der Waals surface area contributed by atoms with Gasteiger partial charge in [0.2, 0.25) is 5.91 Å². The first kappa shape index (κ1) is 13.9. The molecule has 0 aliphatic carbocycles. The average molecular weight is 270 g/mol. The van der Waals surface area contributed by atoms with Crippen molar-refractivity contribution in [2.45, 2.75) is 6.54 Å². The molecule has 1 aliphatic rings. The van der Waals surface area contributed by atoms with Crippen LogP contribution in [0.15, 0.2) is 18.2 Å². The van der Waals surface area contributed by atoms with Gasteiger partial charge in [0.25, 0.3) is 0 Å². The third-order valence-electron chi connectivity index (χ3n) is 2.97. The van der Waals surface area contributed by atoms with E-state index in [0.717, 1.165) is 6.07 Å². The molecule has 1 fully saturated rings. The molecule has 2 rings (SSSR count). The van der Waals surface area contributed by atoms with Crippen LogP contribution < -0.4 is 5.32 Å². The van der Waals surface area contributed by atoms with E-state index >= 15 is 0 Å². The molecular weight excluding hydrogens is 254 g/mol. The number of benzene rings is 1. The third kappa shape index (κ3) is 3.97. The lowest BCUT2D eigenvalue weighted by molar-refractivity contribution is -0.134. The van der Waals surface area contributed by atoms with Crippen molar-refractivity contribution in [3.05, 3.63) is 35.4 Å². The predicted octanol–water partition coefficient (Wildman–Crippen LogP) is 0.913. The molecule has 0 spiro atoms. The number of carbonyl (C=O) groups excluding carboxylic acids is 1. The van der Waals surface area contributed by atoms with E-state index in [1.165, 1.54) is 12.1 Å². The zero-order valence-corrected chi connectivity index (χ0v) is 10.5. The van der Waals surface area contributed by atoms with E-state index in [2.05, 4.69) is 5.32 Å². The van der Waals surface area contributed by atoms with Gasteiger partial charge < -0.3 is 15.0 Å². The molecule has 4 nitrogen and oxygen atoms in total. The zero-order chi connectivity index (χ0) is 13.7. The van der Waals surface area contributed by atoms with Gasteiger partial charge in [0.1, 0.15) is 11.6 Å². The second kappa shape index (κ2) is 6.58. The summed E-state index contributed by atoms with van der Waals surface area (Å²) in [6, 6.07) is 3.40. The first-order valence-electron chi connectivity index (χ1n) is 6.17. The number of carbonyl (C=O) groups is 1. The van der Waals surface area contributed by atoms with E-state index < -0.39 is 11.6 Å². The molecular formula is C13H16F2N2O2.